The van der Waals surface area contributed by atoms with E-state index < -0.39 is 0 Å². The number of fused-ring (bicyclic) bond motifs is 1. The molecule has 4 nitrogen and oxygen atoms in total. The van der Waals surface area contributed by atoms with Crippen molar-refractivity contribution < 1.29 is 4.79 Å². The summed E-state index contributed by atoms with van der Waals surface area (Å²) < 4.78 is 2.07. The monoisotopic (exact) mass is 397 g/mol. The van der Waals surface area contributed by atoms with Gasteiger partial charge < -0.3 is 5.32 Å². The van der Waals surface area contributed by atoms with Gasteiger partial charge in [0.25, 0.3) is 0 Å². The van der Waals surface area contributed by atoms with Gasteiger partial charge in [0.1, 0.15) is 5.69 Å². The largest absolute Gasteiger partial charge is 0.385 e. The van der Waals surface area contributed by atoms with Crippen LogP contribution in [0.3, 0.4) is 0 Å². The first-order valence-electron chi connectivity index (χ1n) is 11.3. The molecule has 0 saturated heterocycles. The van der Waals surface area contributed by atoms with Crippen molar-refractivity contribution >= 4 is 22.4 Å². The van der Waals surface area contributed by atoms with Gasteiger partial charge in [-0.2, -0.15) is 5.10 Å². The molecular formula is C25H39N3O. The fourth-order valence-electron chi connectivity index (χ4n) is 4.47. The van der Waals surface area contributed by atoms with E-state index in [1.807, 2.05) is 0 Å². The van der Waals surface area contributed by atoms with Gasteiger partial charge in [0, 0.05) is 31.1 Å². The summed E-state index contributed by atoms with van der Waals surface area (Å²) in [5.41, 5.74) is 4.12. The van der Waals surface area contributed by atoms with Crippen LogP contribution in [0, 0.1) is 11.3 Å². The lowest BCUT2D eigenvalue weighted by Crippen LogP contribution is -2.20. The maximum absolute atomic E-state index is 12.4. The van der Waals surface area contributed by atoms with Crippen LogP contribution >= 0.6 is 0 Å². The highest BCUT2D eigenvalue weighted by Gasteiger charge is 2.26. The summed E-state index contributed by atoms with van der Waals surface area (Å²) in [5, 5.41) is 9.46. The molecule has 1 aromatic heterocycles. The smallest absolute Gasteiger partial charge is 0.180 e. The van der Waals surface area contributed by atoms with Crippen molar-refractivity contribution in [2.75, 3.05) is 11.9 Å². The number of ketones is 1. The molecule has 1 aromatic carbocycles. The van der Waals surface area contributed by atoms with E-state index in [-0.39, 0.29) is 16.6 Å². The van der Waals surface area contributed by atoms with Crippen LogP contribution in [0.2, 0.25) is 0 Å². The molecular weight excluding hydrogens is 358 g/mol. The van der Waals surface area contributed by atoms with Crippen LogP contribution < -0.4 is 5.32 Å². The highest BCUT2D eigenvalue weighted by molar-refractivity contribution is 6.06. The zero-order chi connectivity index (χ0) is 21.4. The minimum Gasteiger partial charge on any atom is -0.385 e. The Morgan fingerprint density at radius 1 is 1.10 bits per heavy atom. The number of nitrogens with zero attached hydrogens (tertiary/aromatic N) is 2. The van der Waals surface area contributed by atoms with Crippen molar-refractivity contribution in [3.8, 4) is 0 Å². The van der Waals surface area contributed by atoms with Crippen molar-refractivity contribution in [3.63, 3.8) is 0 Å². The molecule has 0 aliphatic heterocycles. The van der Waals surface area contributed by atoms with Gasteiger partial charge in [-0.3, -0.25) is 9.48 Å². The highest BCUT2D eigenvalue weighted by Crippen LogP contribution is 2.36. The Kier molecular flexibility index (Phi) is 6.12. The summed E-state index contributed by atoms with van der Waals surface area (Å²) in [6.07, 6.45) is 6.73. The van der Waals surface area contributed by atoms with Crippen molar-refractivity contribution in [3.05, 3.63) is 23.4 Å². The number of anilines is 1. The van der Waals surface area contributed by atoms with Crippen molar-refractivity contribution in [1.29, 1.82) is 0 Å². The second kappa shape index (κ2) is 8.12. The van der Waals surface area contributed by atoms with E-state index in [4.69, 9.17) is 5.10 Å². The van der Waals surface area contributed by atoms with Crippen LogP contribution in [0.4, 0.5) is 5.69 Å². The predicted molar refractivity (Wildman–Crippen MR) is 123 cm³/mol. The number of benzene rings is 1. The van der Waals surface area contributed by atoms with Gasteiger partial charge in [-0.05, 0) is 47.3 Å². The van der Waals surface area contributed by atoms with Crippen LogP contribution in [-0.4, -0.2) is 22.1 Å². The lowest BCUT2D eigenvalue weighted by atomic mass is 9.84. The number of carbonyl (C=O) groups excluding carboxylic acids is 1. The lowest BCUT2D eigenvalue weighted by molar-refractivity contribution is 0.101. The highest BCUT2D eigenvalue weighted by atomic mass is 16.1. The molecule has 0 spiro atoms. The minimum absolute atomic E-state index is 0.0342. The topological polar surface area (TPSA) is 46.9 Å². The van der Waals surface area contributed by atoms with Gasteiger partial charge in [-0.15, -0.1) is 0 Å². The molecule has 1 saturated carbocycles. The summed E-state index contributed by atoms with van der Waals surface area (Å²) in [6, 6.07) is 4.44. The molecule has 4 heteroatoms. The van der Waals surface area contributed by atoms with Crippen LogP contribution in [-0.2, 0) is 12.0 Å². The summed E-state index contributed by atoms with van der Waals surface area (Å²) in [7, 11) is 0. The number of aromatic nitrogens is 2. The van der Waals surface area contributed by atoms with Crippen molar-refractivity contribution in [1.82, 2.24) is 9.78 Å². The standard InChI is InChI=1S/C25H39N3O/c1-17(29)22-20-13-19(26-15-18-11-9-8-10-12-18)14-21(25(5,6)7)23(20)28(27-22)16-24(2,3)4/h13-14,18,26H,8-12,15-16H2,1-7H3. The molecule has 3 rings (SSSR count). The molecule has 1 N–H and O–H groups in total. The van der Waals surface area contributed by atoms with Crippen LogP contribution in [0.1, 0.15) is 96.6 Å². The van der Waals surface area contributed by atoms with E-state index >= 15 is 0 Å². The average molecular weight is 398 g/mol. The summed E-state index contributed by atoms with van der Waals surface area (Å²) >= 11 is 0. The Balaban J connectivity index is 2.08. The molecule has 160 valence electrons. The first-order chi connectivity index (χ1) is 13.5. The van der Waals surface area contributed by atoms with Gasteiger partial charge in [-0.1, -0.05) is 60.8 Å². The number of rotatable bonds is 5. The Morgan fingerprint density at radius 2 is 1.76 bits per heavy atom. The van der Waals surface area contributed by atoms with E-state index in [1.165, 1.54) is 37.7 Å². The van der Waals surface area contributed by atoms with Crippen LogP contribution in [0.25, 0.3) is 10.9 Å². The van der Waals surface area contributed by atoms with Gasteiger partial charge in [0.2, 0.25) is 0 Å². The minimum atomic E-state index is -0.0372. The van der Waals surface area contributed by atoms with Crippen LogP contribution in [0.5, 0.6) is 0 Å². The molecule has 1 heterocycles. The average Bonchev–Trinajstić information content (AvgIpc) is 2.96. The van der Waals surface area contributed by atoms with E-state index in [0.29, 0.717) is 5.69 Å². The van der Waals surface area contributed by atoms with Crippen molar-refractivity contribution in [2.45, 2.75) is 92.5 Å². The Hall–Kier alpha value is -1.84. The fraction of sp³-hybridized carbons (Fsp3) is 0.680. The lowest BCUT2D eigenvalue weighted by Gasteiger charge is -2.26. The maximum Gasteiger partial charge on any atom is 0.180 e. The maximum atomic E-state index is 12.4. The number of hydrogen-bond donors (Lipinski definition) is 1. The SMILES string of the molecule is CC(=O)c1nn(CC(C)(C)C)c2c(C(C)(C)C)cc(NCC3CCCCC3)cc12. The number of hydrogen-bond acceptors (Lipinski definition) is 3. The second-order valence-electron chi connectivity index (χ2n) is 11.2. The van der Waals surface area contributed by atoms with Gasteiger partial charge in [0.15, 0.2) is 5.78 Å². The quantitative estimate of drug-likeness (QED) is 0.580. The first-order valence-corrected chi connectivity index (χ1v) is 11.3. The zero-order valence-electron chi connectivity index (χ0n) is 19.5. The predicted octanol–water partition coefficient (Wildman–Crippen LogP) is 6.57. The number of nitrogens with one attached hydrogen (secondary N) is 1. The third kappa shape index (κ3) is 5.21. The molecule has 2 aromatic rings. The van der Waals surface area contributed by atoms with Gasteiger partial charge >= 0.3 is 0 Å². The molecule has 1 fully saturated rings. The molecule has 0 unspecified atom stereocenters. The zero-order valence-corrected chi connectivity index (χ0v) is 19.5. The van der Waals surface area contributed by atoms with E-state index in [2.05, 4.69) is 63.7 Å². The molecule has 0 atom stereocenters. The molecule has 1 aliphatic carbocycles. The number of carbonyl (C=O) groups is 1. The molecule has 0 bridgehead atoms. The molecule has 1 aliphatic rings. The Labute approximate surface area is 176 Å². The molecule has 29 heavy (non-hydrogen) atoms. The first kappa shape index (κ1) is 21.9. The summed E-state index contributed by atoms with van der Waals surface area (Å²) in [6.45, 7) is 16.8. The van der Waals surface area contributed by atoms with Crippen LogP contribution in [0.15, 0.2) is 12.1 Å². The third-order valence-electron chi connectivity index (χ3n) is 5.93. The van der Waals surface area contributed by atoms with E-state index in [9.17, 15) is 4.79 Å². The molecule has 0 radical (unpaired) electrons. The fourth-order valence-corrected chi connectivity index (χ4v) is 4.47. The van der Waals surface area contributed by atoms with Crippen molar-refractivity contribution in [2.24, 2.45) is 11.3 Å². The summed E-state index contributed by atoms with van der Waals surface area (Å²) in [5.74, 6) is 0.792. The van der Waals surface area contributed by atoms with Gasteiger partial charge in [-0.25, -0.2) is 0 Å². The Morgan fingerprint density at radius 3 is 2.31 bits per heavy atom. The Bertz CT molecular complexity index is 874. The molecule has 0 amide bonds. The number of Topliss-reactive ketones (excluding diaryl/α,β-unsaturated/α-hetero) is 1. The normalized spacial score (nSPS) is 16.4. The van der Waals surface area contributed by atoms with Gasteiger partial charge in [0.05, 0.1) is 5.52 Å². The van der Waals surface area contributed by atoms with E-state index in [1.54, 1.807) is 6.92 Å². The summed E-state index contributed by atoms with van der Waals surface area (Å²) in [4.78, 5) is 12.4. The third-order valence-corrected chi connectivity index (χ3v) is 5.93. The van der Waals surface area contributed by atoms with E-state index in [0.717, 1.165) is 35.6 Å². The second-order valence-corrected chi connectivity index (χ2v) is 11.2.